The fraction of sp³-hybridized carbons (Fsp3) is 0.286. The van der Waals surface area contributed by atoms with Gasteiger partial charge in [0, 0.05) is 31.7 Å². The zero-order valence-electron chi connectivity index (χ0n) is 10.3. The van der Waals surface area contributed by atoms with E-state index in [0.29, 0.717) is 6.61 Å². The molecule has 2 rings (SSSR count). The van der Waals surface area contributed by atoms with E-state index in [9.17, 15) is 0 Å². The molecule has 0 fully saturated rings. The fourth-order valence-electron chi connectivity index (χ4n) is 1.76. The van der Waals surface area contributed by atoms with Crippen molar-refractivity contribution in [2.75, 3.05) is 12.4 Å². The van der Waals surface area contributed by atoms with Gasteiger partial charge in [0.25, 0.3) is 0 Å². The number of aromatic nitrogens is 1. The minimum atomic E-state index is 0.665. The van der Waals surface area contributed by atoms with Crippen molar-refractivity contribution in [2.24, 2.45) is 7.05 Å². The lowest BCUT2D eigenvalue weighted by atomic mass is 10.2. The maximum Gasteiger partial charge on any atom is 0.0713 e. The van der Waals surface area contributed by atoms with Crippen molar-refractivity contribution in [3.63, 3.8) is 0 Å². The number of anilines is 1. The first-order chi connectivity index (χ1) is 8.29. The molecular weight excluding hydrogens is 212 g/mol. The first-order valence-electron chi connectivity index (χ1n) is 5.71. The van der Waals surface area contributed by atoms with E-state index in [-0.39, 0.29) is 0 Å². The van der Waals surface area contributed by atoms with Crippen LogP contribution in [0.1, 0.15) is 11.3 Å². The maximum atomic E-state index is 5.08. The lowest BCUT2D eigenvalue weighted by Crippen LogP contribution is -2.03. The van der Waals surface area contributed by atoms with Crippen molar-refractivity contribution >= 4 is 5.69 Å². The van der Waals surface area contributed by atoms with Crippen molar-refractivity contribution in [1.82, 2.24) is 4.57 Å². The van der Waals surface area contributed by atoms with Gasteiger partial charge in [-0.15, -0.1) is 0 Å². The standard InChI is InChI=1S/C14H18N2O/c1-16-9-3-4-14(16)10-15-13-7-5-12(6-8-13)11-17-2/h3-9,15H,10-11H2,1-2H3. The van der Waals surface area contributed by atoms with Gasteiger partial charge in [0.1, 0.15) is 0 Å². The van der Waals surface area contributed by atoms with Crippen molar-refractivity contribution < 1.29 is 4.74 Å². The topological polar surface area (TPSA) is 26.2 Å². The number of hydrogen-bond donors (Lipinski definition) is 1. The third-order valence-electron chi connectivity index (χ3n) is 2.79. The van der Waals surface area contributed by atoms with Gasteiger partial charge in [-0.05, 0) is 29.8 Å². The number of nitrogens with one attached hydrogen (secondary N) is 1. The molecule has 0 atom stereocenters. The molecule has 1 aromatic carbocycles. The third kappa shape index (κ3) is 3.11. The summed E-state index contributed by atoms with van der Waals surface area (Å²) in [6, 6.07) is 12.5. The minimum absolute atomic E-state index is 0.665. The number of aryl methyl sites for hydroxylation is 1. The maximum absolute atomic E-state index is 5.08. The fourth-order valence-corrected chi connectivity index (χ4v) is 1.76. The third-order valence-corrected chi connectivity index (χ3v) is 2.79. The van der Waals surface area contributed by atoms with Crippen LogP contribution in [0.3, 0.4) is 0 Å². The second kappa shape index (κ2) is 5.55. The summed E-state index contributed by atoms with van der Waals surface area (Å²) in [5.41, 5.74) is 3.59. The second-order valence-electron chi connectivity index (χ2n) is 4.09. The van der Waals surface area contributed by atoms with Gasteiger partial charge in [-0.1, -0.05) is 12.1 Å². The number of hydrogen-bond acceptors (Lipinski definition) is 2. The summed E-state index contributed by atoms with van der Waals surface area (Å²) in [5.74, 6) is 0. The Morgan fingerprint density at radius 3 is 2.53 bits per heavy atom. The van der Waals surface area contributed by atoms with E-state index >= 15 is 0 Å². The molecule has 0 amide bonds. The highest BCUT2D eigenvalue weighted by Gasteiger charge is 1.97. The van der Waals surface area contributed by atoms with Crippen molar-refractivity contribution in [3.8, 4) is 0 Å². The van der Waals surface area contributed by atoms with Gasteiger partial charge < -0.3 is 14.6 Å². The number of rotatable bonds is 5. The Morgan fingerprint density at radius 1 is 1.18 bits per heavy atom. The van der Waals surface area contributed by atoms with Gasteiger partial charge in [-0.25, -0.2) is 0 Å². The zero-order chi connectivity index (χ0) is 12.1. The molecule has 0 saturated carbocycles. The first-order valence-corrected chi connectivity index (χ1v) is 5.71. The van der Waals surface area contributed by atoms with Crippen LogP contribution in [0, 0.1) is 0 Å². The summed E-state index contributed by atoms with van der Waals surface area (Å²) >= 11 is 0. The number of methoxy groups -OCH3 is 1. The molecular formula is C14H18N2O. The summed E-state index contributed by atoms with van der Waals surface area (Å²) in [4.78, 5) is 0. The molecule has 0 radical (unpaired) electrons. The Bertz CT molecular complexity index is 459. The Hall–Kier alpha value is -1.74. The quantitative estimate of drug-likeness (QED) is 0.854. The molecule has 3 nitrogen and oxygen atoms in total. The molecule has 90 valence electrons. The SMILES string of the molecule is COCc1ccc(NCc2cccn2C)cc1. The van der Waals surface area contributed by atoms with E-state index < -0.39 is 0 Å². The van der Waals surface area contributed by atoms with Gasteiger partial charge >= 0.3 is 0 Å². The molecule has 1 heterocycles. The molecule has 0 bridgehead atoms. The van der Waals surface area contributed by atoms with Crippen LogP contribution in [-0.2, 0) is 24.9 Å². The Balaban J connectivity index is 1.93. The molecule has 2 aromatic rings. The van der Waals surface area contributed by atoms with Crippen LogP contribution >= 0.6 is 0 Å². The van der Waals surface area contributed by atoms with Crippen LogP contribution in [0.2, 0.25) is 0 Å². The summed E-state index contributed by atoms with van der Waals surface area (Å²) in [6.45, 7) is 1.51. The average Bonchev–Trinajstić information content (AvgIpc) is 2.75. The van der Waals surface area contributed by atoms with E-state index in [1.165, 1.54) is 11.3 Å². The summed E-state index contributed by atoms with van der Waals surface area (Å²) in [5, 5.41) is 3.40. The number of nitrogens with zero attached hydrogens (tertiary/aromatic N) is 1. The monoisotopic (exact) mass is 230 g/mol. The highest BCUT2D eigenvalue weighted by atomic mass is 16.5. The smallest absolute Gasteiger partial charge is 0.0713 e. The van der Waals surface area contributed by atoms with Crippen LogP contribution in [0.4, 0.5) is 5.69 Å². The lowest BCUT2D eigenvalue weighted by molar-refractivity contribution is 0.185. The van der Waals surface area contributed by atoms with Crippen LogP contribution in [0.25, 0.3) is 0 Å². The molecule has 3 heteroatoms. The van der Waals surface area contributed by atoms with Crippen LogP contribution in [-0.4, -0.2) is 11.7 Å². The molecule has 0 aliphatic heterocycles. The number of ether oxygens (including phenoxy) is 1. The van der Waals surface area contributed by atoms with Gasteiger partial charge in [0.15, 0.2) is 0 Å². The molecule has 0 saturated heterocycles. The van der Waals surface area contributed by atoms with Gasteiger partial charge in [-0.3, -0.25) is 0 Å². The minimum Gasteiger partial charge on any atom is -0.380 e. The van der Waals surface area contributed by atoms with E-state index in [1.807, 2.05) is 0 Å². The summed E-state index contributed by atoms with van der Waals surface area (Å²) < 4.78 is 7.20. The van der Waals surface area contributed by atoms with Crippen LogP contribution < -0.4 is 5.32 Å². The predicted molar refractivity (Wildman–Crippen MR) is 69.9 cm³/mol. The summed E-state index contributed by atoms with van der Waals surface area (Å²) in [6.07, 6.45) is 2.05. The first kappa shape index (κ1) is 11.7. The molecule has 1 aromatic heterocycles. The van der Waals surface area contributed by atoms with Gasteiger partial charge in [0.2, 0.25) is 0 Å². The zero-order valence-corrected chi connectivity index (χ0v) is 10.3. The van der Waals surface area contributed by atoms with Crippen LogP contribution in [0.5, 0.6) is 0 Å². The van der Waals surface area contributed by atoms with Gasteiger partial charge in [-0.2, -0.15) is 0 Å². The molecule has 0 unspecified atom stereocenters. The van der Waals surface area contributed by atoms with E-state index in [2.05, 4.69) is 59.5 Å². The van der Waals surface area contributed by atoms with E-state index in [1.54, 1.807) is 7.11 Å². The van der Waals surface area contributed by atoms with Crippen molar-refractivity contribution in [3.05, 3.63) is 53.9 Å². The average molecular weight is 230 g/mol. The largest absolute Gasteiger partial charge is 0.380 e. The number of benzene rings is 1. The van der Waals surface area contributed by atoms with E-state index in [4.69, 9.17) is 4.74 Å². The Labute approximate surface area is 102 Å². The van der Waals surface area contributed by atoms with Gasteiger partial charge in [0.05, 0.1) is 13.2 Å². The van der Waals surface area contributed by atoms with Crippen LogP contribution in [0.15, 0.2) is 42.6 Å². The second-order valence-corrected chi connectivity index (χ2v) is 4.09. The van der Waals surface area contributed by atoms with Crippen molar-refractivity contribution in [1.29, 1.82) is 0 Å². The Kier molecular flexibility index (Phi) is 3.83. The molecule has 0 spiro atoms. The molecule has 1 N–H and O–H groups in total. The predicted octanol–water partition coefficient (Wildman–Crippen LogP) is 2.78. The highest BCUT2D eigenvalue weighted by Crippen LogP contribution is 2.11. The highest BCUT2D eigenvalue weighted by molar-refractivity contribution is 5.44. The van der Waals surface area contributed by atoms with Crippen molar-refractivity contribution in [2.45, 2.75) is 13.2 Å². The molecule has 0 aliphatic rings. The molecule has 17 heavy (non-hydrogen) atoms. The molecule has 0 aliphatic carbocycles. The normalized spacial score (nSPS) is 10.5. The summed E-state index contributed by atoms with van der Waals surface area (Å²) in [7, 11) is 3.76. The van der Waals surface area contributed by atoms with E-state index in [0.717, 1.165) is 12.2 Å². The lowest BCUT2D eigenvalue weighted by Gasteiger charge is -2.08. The Morgan fingerprint density at radius 2 is 1.94 bits per heavy atom.